The highest BCUT2D eigenvalue weighted by Crippen LogP contribution is 2.21. The van der Waals surface area contributed by atoms with E-state index in [9.17, 15) is 0 Å². The van der Waals surface area contributed by atoms with E-state index in [4.69, 9.17) is 5.73 Å². The van der Waals surface area contributed by atoms with Gasteiger partial charge in [-0.25, -0.2) is 0 Å². The van der Waals surface area contributed by atoms with Gasteiger partial charge in [0.15, 0.2) is 0 Å². The summed E-state index contributed by atoms with van der Waals surface area (Å²) in [6.07, 6.45) is 6.08. The summed E-state index contributed by atoms with van der Waals surface area (Å²) >= 11 is 0. The molecule has 0 fully saturated rings. The summed E-state index contributed by atoms with van der Waals surface area (Å²) in [5.74, 6) is 0. The zero-order valence-corrected chi connectivity index (χ0v) is 11.6. The third kappa shape index (κ3) is 5.36. The molecule has 0 aliphatic heterocycles. The van der Waals surface area contributed by atoms with Crippen LogP contribution in [0.15, 0.2) is 24.3 Å². The fourth-order valence-electron chi connectivity index (χ4n) is 1.84. The Morgan fingerprint density at radius 1 is 1.00 bits per heavy atom. The van der Waals surface area contributed by atoms with Crippen molar-refractivity contribution in [3.63, 3.8) is 0 Å². The number of hydrogen-bond donors (Lipinski definition) is 1. The Labute approximate surface area is 106 Å². The van der Waals surface area contributed by atoms with Crippen molar-refractivity contribution in [3.8, 4) is 0 Å². The molecule has 0 bridgehead atoms. The van der Waals surface area contributed by atoms with E-state index in [0.29, 0.717) is 0 Å². The summed E-state index contributed by atoms with van der Waals surface area (Å²) in [6, 6.07) is 9.11. The van der Waals surface area contributed by atoms with Crippen molar-refractivity contribution in [1.29, 1.82) is 0 Å². The maximum atomic E-state index is 5.75. The first kappa shape index (κ1) is 14.2. The molecule has 17 heavy (non-hydrogen) atoms. The molecule has 0 spiro atoms. The van der Waals surface area contributed by atoms with E-state index in [-0.39, 0.29) is 5.41 Å². The topological polar surface area (TPSA) is 26.0 Å². The average molecular weight is 233 g/mol. The maximum absolute atomic E-state index is 5.75. The molecule has 0 saturated heterocycles. The number of benzene rings is 1. The van der Waals surface area contributed by atoms with Crippen LogP contribution in [-0.2, 0) is 12.8 Å². The molecule has 0 aromatic heterocycles. The predicted octanol–water partition coefficient (Wildman–Crippen LogP) is 3.95. The lowest BCUT2D eigenvalue weighted by molar-refractivity contribution is 0.348. The van der Waals surface area contributed by atoms with Crippen molar-refractivity contribution in [2.75, 3.05) is 6.54 Å². The molecule has 0 atom stereocenters. The van der Waals surface area contributed by atoms with Crippen LogP contribution < -0.4 is 5.73 Å². The van der Waals surface area contributed by atoms with Crippen molar-refractivity contribution < 1.29 is 0 Å². The largest absolute Gasteiger partial charge is 0.330 e. The molecule has 1 rings (SSSR count). The molecule has 0 radical (unpaired) electrons. The lowest BCUT2D eigenvalue weighted by Gasteiger charge is -2.22. The van der Waals surface area contributed by atoms with Crippen molar-refractivity contribution in [2.24, 2.45) is 11.1 Å². The zero-order chi connectivity index (χ0) is 12.7. The summed E-state index contributed by atoms with van der Waals surface area (Å²) < 4.78 is 0. The fraction of sp³-hybridized carbons (Fsp3) is 0.625. The molecule has 2 N–H and O–H groups in total. The summed E-state index contributed by atoms with van der Waals surface area (Å²) in [4.78, 5) is 0. The third-order valence-electron chi connectivity index (χ3n) is 3.49. The first-order valence-electron chi connectivity index (χ1n) is 6.85. The fourth-order valence-corrected chi connectivity index (χ4v) is 1.84. The second kappa shape index (κ2) is 6.80. The number of aryl methyl sites for hydroxylation is 2. The number of nitrogens with two attached hydrogens (primary N) is 1. The first-order chi connectivity index (χ1) is 8.07. The molecule has 0 aliphatic rings. The number of hydrogen-bond acceptors (Lipinski definition) is 1. The summed E-state index contributed by atoms with van der Waals surface area (Å²) in [6.45, 7) is 7.48. The van der Waals surface area contributed by atoms with Crippen molar-refractivity contribution in [3.05, 3.63) is 35.4 Å². The van der Waals surface area contributed by atoms with Crippen molar-refractivity contribution >= 4 is 0 Å². The second-order valence-corrected chi connectivity index (χ2v) is 5.79. The summed E-state index contributed by atoms with van der Waals surface area (Å²) in [5, 5.41) is 0. The van der Waals surface area contributed by atoms with Crippen molar-refractivity contribution in [2.45, 2.75) is 52.9 Å². The van der Waals surface area contributed by atoms with Gasteiger partial charge in [0.1, 0.15) is 0 Å². The Kier molecular flexibility index (Phi) is 5.70. The lowest BCUT2D eigenvalue weighted by Crippen LogP contribution is -2.24. The Hall–Kier alpha value is -0.820. The standard InChI is InChI=1S/C16H27N/c1-4-5-6-14-7-9-15(10-8-14)11-12-16(2,3)13-17/h7-10H,4-6,11-13,17H2,1-3H3. The number of rotatable bonds is 7. The molecule has 0 aliphatic carbocycles. The quantitative estimate of drug-likeness (QED) is 0.758. The Morgan fingerprint density at radius 3 is 2.00 bits per heavy atom. The summed E-state index contributed by atoms with van der Waals surface area (Å²) in [7, 11) is 0. The van der Waals surface area contributed by atoms with Crippen LogP contribution in [0.25, 0.3) is 0 Å². The van der Waals surface area contributed by atoms with Crippen LogP contribution in [0.5, 0.6) is 0 Å². The van der Waals surface area contributed by atoms with Crippen LogP contribution in [0.2, 0.25) is 0 Å². The molecule has 96 valence electrons. The van der Waals surface area contributed by atoms with Gasteiger partial charge in [-0.1, -0.05) is 51.5 Å². The maximum Gasteiger partial charge on any atom is -0.00257 e. The average Bonchev–Trinajstić information content (AvgIpc) is 2.35. The van der Waals surface area contributed by atoms with E-state index in [1.54, 1.807) is 0 Å². The van der Waals surface area contributed by atoms with Gasteiger partial charge in [-0.15, -0.1) is 0 Å². The van der Waals surface area contributed by atoms with E-state index in [0.717, 1.165) is 19.4 Å². The van der Waals surface area contributed by atoms with E-state index in [1.165, 1.54) is 30.4 Å². The minimum Gasteiger partial charge on any atom is -0.330 e. The molecule has 1 heteroatoms. The number of unbranched alkanes of at least 4 members (excludes halogenated alkanes) is 1. The van der Waals surface area contributed by atoms with Gasteiger partial charge in [-0.2, -0.15) is 0 Å². The normalized spacial score (nSPS) is 11.8. The molecule has 1 nitrogen and oxygen atoms in total. The van der Waals surface area contributed by atoms with Gasteiger partial charge in [0.05, 0.1) is 0 Å². The molecule has 0 amide bonds. The SMILES string of the molecule is CCCCc1ccc(CCC(C)(C)CN)cc1. The highest BCUT2D eigenvalue weighted by molar-refractivity contribution is 5.22. The highest BCUT2D eigenvalue weighted by atomic mass is 14.6. The highest BCUT2D eigenvalue weighted by Gasteiger charge is 2.14. The Bertz CT molecular complexity index is 311. The molecule has 0 heterocycles. The van der Waals surface area contributed by atoms with Crippen LogP contribution in [0.3, 0.4) is 0 Å². The zero-order valence-electron chi connectivity index (χ0n) is 11.6. The molecule has 0 unspecified atom stereocenters. The van der Waals surface area contributed by atoms with Gasteiger partial charge in [0.25, 0.3) is 0 Å². The first-order valence-corrected chi connectivity index (χ1v) is 6.85. The van der Waals surface area contributed by atoms with E-state index >= 15 is 0 Å². The minimum absolute atomic E-state index is 0.265. The van der Waals surface area contributed by atoms with Gasteiger partial charge >= 0.3 is 0 Å². The van der Waals surface area contributed by atoms with Gasteiger partial charge in [-0.05, 0) is 48.8 Å². The molecule has 0 saturated carbocycles. The van der Waals surface area contributed by atoms with Crippen molar-refractivity contribution in [1.82, 2.24) is 0 Å². The second-order valence-electron chi connectivity index (χ2n) is 5.79. The van der Waals surface area contributed by atoms with Gasteiger partial charge in [0.2, 0.25) is 0 Å². The smallest absolute Gasteiger partial charge is 0.00257 e. The third-order valence-corrected chi connectivity index (χ3v) is 3.49. The lowest BCUT2D eigenvalue weighted by atomic mass is 9.86. The predicted molar refractivity (Wildman–Crippen MR) is 76.2 cm³/mol. The molecular formula is C16H27N. The van der Waals surface area contributed by atoms with Gasteiger partial charge < -0.3 is 5.73 Å². The van der Waals surface area contributed by atoms with Crippen LogP contribution >= 0.6 is 0 Å². The molecule has 1 aromatic carbocycles. The van der Waals surface area contributed by atoms with E-state index in [2.05, 4.69) is 45.0 Å². The van der Waals surface area contributed by atoms with E-state index < -0.39 is 0 Å². The summed E-state index contributed by atoms with van der Waals surface area (Å²) in [5.41, 5.74) is 8.92. The van der Waals surface area contributed by atoms with Crippen LogP contribution in [-0.4, -0.2) is 6.54 Å². The van der Waals surface area contributed by atoms with Crippen LogP contribution in [0, 0.1) is 5.41 Å². The van der Waals surface area contributed by atoms with Gasteiger partial charge in [-0.3, -0.25) is 0 Å². The molecular weight excluding hydrogens is 206 g/mol. The Balaban J connectivity index is 2.45. The monoisotopic (exact) mass is 233 g/mol. The van der Waals surface area contributed by atoms with Crippen LogP contribution in [0.4, 0.5) is 0 Å². The van der Waals surface area contributed by atoms with Crippen LogP contribution in [0.1, 0.15) is 51.2 Å². The minimum atomic E-state index is 0.265. The molecule has 1 aromatic rings. The Morgan fingerprint density at radius 2 is 1.53 bits per heavy atom. The van der Waals surface area contributed by atoms with E-state index in [1.807, 2.05) is 0 Å². The van der Waals surface area contributed by atoms with Gasteiger partial charge in [0, 0.05) is 0 Å².